The largest absolute Gasteiger partial charge is 0.332 e. The van der Waals surface area contributed by atoms with Crippen LogP contribution in [0.2, 0.25) is 0 Å². The molecule has 0 spiro atoms. The maximum atomic E-state index is 12.5. The summed E-state index contributed by atoms with van der Waals surface area (Å²) in [6.07, 6.45) is 0. The summed E-state index contributed by atoms with van der Waals surface area (Å²) >= 11 is 0. The highest BCUT2D eigenvalue weighted by molar-refractivity contribution is 5.71. The molecule has 8 heteroatoms. The van der Waals surface area contributed by atoms with E-state index in [4.69, 9.17) is 0 Å². The van der Waals surface area contributed by atoms with E-state index in [0.29, 0.717) is 24.3 Å². The lowest BCUT2D eigenvalue weighted by atomic mass is 10.3. The Morgan fingerprint density at radius 1 is 1.14 bits per heavy atom. The lowest BCUT2D eigenvalue weighted by Crippen LogP contribution is -2.43. The van der Waals surface area contributed by atoms with Gasteiger partial charge in [-0.15, -0.1) is 0 Å². The fourth-order valence-corrected chi connectivity index (χ4v) is 3.02. The predicted octanol–water partition coefficient (Wildman–Crippen LogP) is -1.14. The summed E-state index contributed by atoms with van der Waals surface area (Å²) in [6, 6.07) is 0. The minimum Gasteiger partial charge on any atom is -0.321 e. The van der Waals surface area contributed by atoms with Gasteiger partial charge in [-0.3, -0.25) is 18.8 Å². The molecule has 22 heavy (non-hydrogen) atoms. The van der Waals surface area contributed by atoms with Crippen molar-refractivity contribution in [3.05, 3.63) is 26.7 Å². The molecule has 8 nitrogen and oxygen atoms in total. The summed E-state index contributed by atoms with van der Waals surface area (Å²) in [6.45, 7) is 7.20. The van der Waals surface area contributed by atoms with E-state index >= 15 is 0 Å². The van der Waals surface area contributed by atoms with Gasteiger partial charge in [0, 0.05) is 46.8 Å². The highest BCUT2D eigenvalue weighted by Crippen LogP contribution is 2.13. The molecule has 0 amide bonds. The summed E-state index contributed by atoms with van der Waals surface area (Å²) < 4.78 is 4.52. The highest BCUT2D eigenvalue weighted by atomic mass is 16.2. The molecular formula is C14H22N6O2. The van der Waals surface area contributed by atoms with E-state index in [1.54, 1.807) is 7.05 Å². The van der Waals surface area contributed by atoms with Gasteiger partial charge in [-0.1, -0.05) is 0 Å². The molecule has 1 fully saturated rings. The zero-order valence-electron chi connectivity index (χ0n) is 13.3. The second-order valence-electron chi connectivity index (χ2n) is 5.68. The fraction of sp³-hybridized carbons (Fsp3) is 0.643. The second kappa shape index (κ2) is 5.69. The average molecular weight is 306 g/mol. The molecule has 1 saturated heterocycles. The number of hydrogen-bond donors (Lipinski definition) is 1. The number of imidazole rings is 1. The third-order valence-corrected chi connectivity index (χ3v) is 4.32. The lowest BCUT2D eigenvalue weighted by Gasteiger charge is -2.26. The van der Waals surface area contributed by atoms with Crippen molar-refractivity contribution in [1.29, 1.82) is 0 Å². The predicted molar refractivity (Wildman–Crippen MR) is 84.0 cm³/mol. The molecule has 0 unspecified atom stereocenters. The molecule has 0 radical (unpaired) electrons. The molecular weight excluding hydrogens is 284 g/mol. The van der Waals surface area contributed by atoms with Crippen LogP contribution in [0.5, 0.6) is 0 Å². The van der Waals surface area contributed by atoms with Crippen LogP contribution in [0.4, 0.5) is 0 Å². The van der Waals surface area contributed by atoms with Crippen LogP contribution in [0.1, 0.15) is 12.7 Å². The van der Waals surface area contributed by atoms with E-state index < -0.39 is 0 Å². The van der Waals surface area contributed by atoms with Gasteiger partial charge in [-0.2, -0.15) is 0 Å². The number of piperazine rings is 1. The zero-order valence-corrected chi connectivity index (χ0v) is 13.3. The third kappa shape index (κ3) is 2.28. The molecule has 3 heterocycles. The first-order chi connectivity index (χ1) is 10.5. The van der Waals surface area contributed by atoms with Gasteiger partial charge in [0.2, 0.25) is 0 Å². The van der Waals surface area contributed by atoms with E-state index in [1.165, 1.54) is 11.6 Å². The number of hydrogen-bond acceptors (Lipinski definition) is 5. The van der Waals surface area contributed by atoms with Crippen LogP contribution in [-0.4, -0.2) is 49.8 Å². The number of nitrogens with one attached hydrogen (secondary N) is 1. The van der Waals surface area contributed by atoms with Gasteiger partial charge in [0.15, 0.2) is 11.2 Å². The molecule has 3 rings (SSSR count). The topological polar surface area (TPSA) is 77.1 Å². The van der Waals surface area contributed by atoms with Gasteiger partial charge < -0.3 is 9.88 Å². The van der Waals surface area contributed by atoms with Gasteiger partial charge in [-0.25, -0.2) is 9.78 Å². The average Bonchev–Trinajstić information content (AvgIpc) is 2.90. The first-order valence-corrected chi connectivity index (χ1v) is 7.62. The van der Waals surface area contributed by atoms with Crippen molar-refractivity contribution in [1.82, 2.24) is 28.9 Å². The molecule has 0 saturated carbocycles. The van der Waals surface area contributed by atoms with Crippen LogP contribution in [0.15, 0.2) is 9.59 Å². The minimum atomic E-state index is -0.341. The Bertz CT molecular complexity index is 809. The molecule has 1 aliphatic heterocycles. The minimum absolute atomic E-state index is 0.279. The zero-order chi connectivity index (χ0) is 15.9. The van der Waals surface area contributed by atoms with E-state index in [0.717, 1.165) is 36.6 Å². The summed E-state index contributed by atoms with van der Waals surface area (Å²) in [5.74, 6) is 0.845. The first-order valence-electron chi connectivity index (χ1n) is 7.62. The molecule has 1 aliphatic rings. The van der Waals surface area contributed by atoms with Crippen LogP contribution in [0.25, 0.3) is 11.2 Å². The second-order valence-corrected chi connectivity index (χ2v) is 5.68. The Balaban J connectivity index is 2.15. The Morgan fingerprint density at radius 2 is 1.82 bits per heavy atom. The number of nitrogens with zero attached hydrogens (tertiary/aromatic N) is 5. The first kappa shape index (κ1) is 15.0. The smallest absolute Gasteiger partial charge is 0.321 e. The monoisotopic (exact) mass is 306 g/mol. The standard InChI is InChI=1S/C14H22N6O2/c1-4-20-10(9-19-7-5-15-6-8-19)16-12-11(20)13(21)18(3)14(22)17(12)2/h15H,4-9H2,1-3H3. The van der Waals surface area contributed by atoms with E-state index in [2.05, 4.69) is 15.2 Å². The van der Waals surface area contributed by atoms with E-state index in [-0.39, 0.29) is 11.2 Å². The molecule has 2 aromatic heterocycles. The van der Waals surface area contributed by atoms with Gasteiger partial charge in [-0.05, 0) is 6.92 Å². The SMILES string of the molecule is CCn1c(CN2CCNCC2)nc2c1c(=O)n(C)c(=O)n2C. The molecule has 0 bridgehead atoms. The van der Waals surface area contributed by atoms with E-state index in [9.17, 15) is 9.59 Å². The van der Waals surface area contributed by atoms with Gasteiger partial charge in [0.1, 0.15) is 5.82 Å². The molecule has 0 aliphatic carbocycles. The van der Waals surface area contributed by atoms with Crippen molar-refractivity contribution in [3.8, 4) is 0 Å². The van der Waals surface area contributed by atoms with Crippen LogP contribution < -0.4 is 16.6 Å². The summed E-state index contributed by atoms with van der Waals surface area (Å²) in [5, 5.41) is 3.32. The van der Waals surface area contributed by atoms with Gasteiger partial charge in [0.05, 0.1) is 6.54 Å². The summed E-state index contributed by atoms with van der Waals surface area (Å²) in [5.41, 5.74) is 0.364. The molecule has 0 atom stereocenters. The van der Waals surface area contributed by atoms with Crippen LogP contribution in [-0.2, 0) is 27.2 Å². The molecule has 2 aromatic rings. The van der Waals surface area contributed by atoms with Crippen LogP contribution in [0, 0.1) is 0 Å². The molecule has 120 valence electrons. The number of rotatable bonds is 3. The third-order valence-electron chi connectivity index (χ3n) is 4.32. The quantitative estimate of drug-likeness (QED) is 0.775. The maximum absolute atomic E-state index is 12.5. The normalized spacial score (nSPS) is 16.5. The van der Waals surface area contributed by atoms with Crippen LogP contribution in [0.3, 0.4) is 0 Å². The van der Waals surface area contributed by atoms with Crippen LogP contribution >= 0.6 is 0 Å². The maximum Gasteiger partial charge on any atom is 0.332 e. The van der Waals surface area contributed by atoms with Crippen molar-refractivity contribution in [2.45, 2.75) is 20.0 Å². The highest BCUT2D eigenvalue weighted by Gasteiger charge is 2.20. The summed E-state index contributed by atoms with van der Waals surface area (Å²) in [4.78, 5) is 31.4. The van der Waals surface area contributed by atoms with Gasteiger partial charge >= 0.3 is 5.69 Å². The Labute approximate surface area is 128 Å². The lowest BCUT2D eigenvalue weighted by molar-refractivity contribution is 0.225. The Kier molecular flexibility index (Phi) is 3.88. The van der Waals surface area contributed by atoms with Gasteiger partial charge in [0.25, 0.3) is 5.56 Å². The molecule has 1 N–H and O–H groups in total. The van der Waals surface area contributed by atoms with Crippen molar-refractivity contribution in [3.63, 3.8) is 0 Å². The Hall–Kier alpha value is -1.93. The van der Waals surface area contributed by atoms with Crippen molar-refractivity contribution in [2.75, 3.05) is 26.2 Å². The van der Waals surface area contributed by atoms with Crippen molar-refractivity contribution in [2.24, 2.45) is 14.1 Å². The Morgan fingerprint density at radius 3 is 2.45 bits per heavy atom. The molecule has 0 aromatic carbocycles. The van der Waals surface area contributed by atoms with Crippen molar-refractivity contribution >= 4 is 11.2 Å². The fourth-order valence-electron chi connectivity index (χ4n) is 3.02. The number of fused-ring (bicyclic) bond motifs is 1. The summed E-state index contributed by atoms with van der Waals surface area (Å²) in [7, 11) is 3.17. The number of aryl methyl sites for hydroxylation is 2. The van der Waals surface area contributed by atoms with Crippen molar-refractivity contribution < 1.29 is 0 Å². The van der Waals surface area contributed by atoms with E-state index in [1.807, 2.05) is 11.5 Å². The number of aromatic nitrogens is 4.